The summed E-state index contributed by atoms with van der Waals surface area (Å²) in [7, 11) is -12.2. The average molecular weight is 669 g/mol. The van der Waals surface area contributed by atoms with Crippen molar-refractivity contribution >= 4 is 47.4 Å². The Morgan fingerprint density at radius 1 is 0.644 bits per heavy atom. The van der Waals surface area contributed by atoms with Crippen LogP contribution in [0.2, 0.25) is 0 Å². The van der Waals surface area contributed by atoms with E-state index in [-0.39, 0.29) is 33.5 Å². The Kier molecular flexibility index (Phi) is 9.14. The molecule has 1 saturated heterocycles. The van der Waals surface area contributed by atoms with Crippen LogP contribution >= 0.6 is 0 Å². The zero-order valence-corrected chi connectivity index (χ0v) is 26.9. The highest BCUT2D eigenvalue weighted by atomic mass is 32.2. The van der Waals surface area contributed by atoms with Gasteiger partial charge in [0.05, 0.1) is 20.4 Å². The number of nitrogens with zero attached hydrogens (tertiary/aromatic N) is 2. The van der Waals surface area contributed by atoms with E-state index in [0.29, 0.717) is 5.69 Å². The quantitative estimate of drug-likeness (QED) is 0.276. The molecule has 1 amide bonds. The number of rotatable bonds is 9. The zero-order valence-electron chi connectivity index (χ0n) is 24.5. The lowest BCUT2D eigenvalue weighted by molar-refractivity contribution is -0.120. The fraction of sp³-hybridized carbons (Fsp3) is 0.194. The van der Waals surface area contributed by atoms with Crippen LogP contribution in [-0.2, 0) is 34.9 Å². The maximum Gasteiger partial charge on any atom is 0.261 e. The molecule has 0 spiro atoms. The van der Waals surface area contributed by atoms with Crippen LogP contribution in [-0.4, -0.2) is 65.4 Å². The highest BCUT2D eigenvalue weighted by Gasteiger charge is 2.43. The lowest BCUT2D eigenvalue weighted by Crippen LogP contribution is -2.60. The summed E-state index contributed by atoms with van der Waals surface area (Å²) in [5.41, 5.74) is 2.19. The van der Waals surface area contributed by atoms with Gasteiger partial charge in [0.15, 0.2) is 0 Å². The smallest absolute Gasteiger partial charge is 0.261 e. The van der Waals surface area contributed by atoms with Crippen molar-refractivity contribution in [3.05, 3.63) is 114 Å². The van der Waals surface area contributed by atoms with Crippen molar-refractivity contribution in [2.45, 2.75) is 34.6 Å². The first kappa shape index (κ1) is 32.3. The number of nitrogens with one attached hydrogen (secondary N) is 2. The van der Waals surface area contributed by atoms with Crippen LogP contribution in [0.4, 0.5) is 11.4 Å². The SMILES string of the molecule is Cc1cccc(C)c1NS(=O)(=O)c1ccc(NC(=O)[C@@H]2CN(S(=O)(=O)c3ccccc3)CCN2S(=O)(=O)c2ccccc2)cc1. The lowest BCUT2D eigenvalue weighted by atomic mass is 10.1. The second-order valence-corrected chi connectivity index (χ2v) is 16.0. The fourth-order valence-corrected chi connectivity index (χ4v) is 9.29. The second-order valence-electron chi connectivity index (χ2n) is 10.5. The van der Waals surface area contributed by atoms with Gasteiger partial charge in [-0.2, -0.15) is 8.61 Å². The van der Waals surface area contributed by atoms with Gasteiger partial charge in [0, 0.05) is 25.3 Å². The van der Waals surface area contributed by atoms with Crippen molar-refractivity contribution in [3.8, 4) is 0 Å². The van der Waals surface area contributed by atoms with E-state index in [1.165, 1.54) is 48.5 Å². The van der Waals surface area contributed by atoms with Gasteiger partial charge < -0.3 is 5.32 Å². The summed E-state index contributed by atoms with van der Waals surface area (Å²) in [6.07, 6.45) is 0. The molecule has 11 nitrogen and oxygen atoms in total. The summed E-state index contributed by atoms with van der Waals surface area (Å²) in [6, 6.07) is 24.7. The number of benzene rings is 4. The number of amides is 1. The zero-order chi connectivity index (χ0) is 32.4. The van der Waals surface area contributed by atoms with Crippen LogP contribution < -0.4 is 10.0 Å². The molecule has 1 aliphatic heterocycles. The molecule has 0 saturated carbocycles. The predicted molar refractivity (Wildman–Crippen MR) is 171 cm³/mol. The minimum absolute atomic E-state index is 0.0230. The monoisotopic (exact) mass is 668 g/mol. The number of anilines is 2. The molecule has 236 valence electrons. The molecule has 1 heterocycles. The summed E-state index contributed by atoms with van der Waals surface area (Å²) in [5, 5.41) is 2.64. The second kappa shape index (κ2) is 12.7. The van der Waals surface area contributed by atoms with Crippen LogP contribution in [0.5, 0.6) is 0 Å². The van der Waals surface area contributed by atoms with Crippen LogP contribution in [0.3, 0.4) is 0 Å². The number of piperazine rings is 1. The Morgan fingerprint density at radius 2 is 1.18 bits per heavy atom. The number of carbonyl (C=O) groups excluding carboxylic acids is 1. The number of para-hydroxylation sites is 1. The van der Waals surface area contributed by atoms with E-state index in [0.717, 1.165) is 19.7 Å². The maximum absolute atomic E-state index is 13.7. The normalized spacial score (nSPS) is 16.6. The molecule has 14 heteroatoms. The van der Waals surface area contributed by atoms with Gasteiger partial charge in [0.1, 0.15) is 6.04 Å². The van der Waals surface area contributed by atoms with Crippen molar-refractivity contribution < 1.29 is 30.0 Å². The molecule has 1 atom stereocenters. The molecule has 0 radical (unpaired) electrons. The third-order valence-electron chi connectivity index (χ3n) is 7.48. The van der Waals surface area contributed by atoms with Crippen molar-refractivity contribution in [2.75, 3.05) is 29.7 Å². The van der Waals surface area contributed by atoms with Crippen LogP contribution in [0, 0.1) is 13.8 Å². The molecule has 0 bridgehead atoms. The summed E-state index contributed by atoms with van der Waals surface area (Å²) in [5.74, 6) is -0.772. The van der Waals surface area contributed by atoms with Gasteiger partial charge in [-0.15, -0.1) is 0 Å². The van der Waals surface area contributed by atoms with E-state index in [4.69, 9.17) is 0 Å². The van der Waals surface area contributed by atoms with Gasteiger partial charge in [-0.3, -0.25) is 9.52 Å². The molecule has 5 rings (SSSR count). The predicted octanol–water partition coefficient (Wildman–Crippen LogP) is 3.81. The van der Waals surface area contributed by atoms with E-state index >= 15 is 0 Å². The van der Waals surface area contributed by atoms with Crippen LogP contribution in [0.1, 0.15) is 11.1 Å². The van der Waals surface area contributed by atoms with Gasteiger partial charge in [-0.05, 0) is 73.5 Å². The summed E-state index contributed by atoms with van der Waals surface area (Å²) in [6.45, 7) is 2.74. The standard InChI is InChI=1S/C31H32N4O7S3/c1-23-10-9-11-24(2)30(23)33-43(37,38)26-18-16-25(17-19-26)32-31(36)29-22-34(44(39,40)27-12-5-3-6-13-27)20-21-35(29)45(41,42)28-14-7-4-8-15-28/h3-19,29,33H,20-22H2,1-2H3,(H,32,36)/t29-/m0/s1. The molecular weight excluding hydrogens is 637 g/mol. The molecule has 1 aliphatic rings. The van der Waals surface area contributed by atoms with Gasteiger partial charge >= 0.3 is 0 Å². The third-order valence-corrected chi connectivity index (χ3v) is 12.6. The minimum atomic E-state index is -4.18. The van der Waals surface area contributed by atoms with Crippen molar-refractivity contribution in [3.63, 3.8) is 0 Å². The minimum Gasteiger partial charge on any atom is -0.325 e. The Bertz CT molecular complexity index is 2000. The van der Waals surface area contributed by atoms with E-state index in [2.05, 4.69) is 10.0 Å². The first-order valence-electron chi connectivity index (χ1n) is 13.9. The Morgan fingerprint density at radius 3 is 1.73 bits per heavy atom. The van der Waals surface area contributed by atoms with Crippen molar-refractivity contribution in [1.82, 2.24) is 8.61 Å². The van der Waals surface area contributed by atoms with Crippen LogP contribution in [0.25, 0.3) is 0 Å². The van der Waals surface area contributed by atoms with E-state index in [9.17, 15) is 30.0 Å². The maximum atomic E-state index is 13.7. The number of carbonyl (C=O) groups is 1. The Balaban J connectivity index is 1.41. The van der Waals surface area contributed by atoms with Crippen LogP contribution in [0.15, 0.2) is 118 Å². The number of aryl methyl sites for hydroxylation is 2. The molecule has 0 aromatic heterocycles. The Labute approximate surface area is 263 Å². The molecule has 0 aliphatic carbocycles. The highest BCUT2D eigenvalue weighted by molar-refractivity contribution is 7.92. The van der Waals surface area contributed by atoms with Gasteiger partial charge in [-0.1, -0.05) is 54.6 Å². The van der Waals surface area contributed by atoms with Gasteiger partial charge in [0.2, 0.25) is 26.0 Å². The summed E-state index contributed by atoms with van der Waals surface area (Å²) in [4.78, 5) is 13.6. The van der Waals surface area contributed by atoms with Crippen molar-refractivity contribution in [2.24, 2.45) is 0 Å². The number of sulfonamides is 3. The average Bonchev–Trinajstić information content (AvgIpc) is 3.03. The molecule has 2 N–H and O–H groups in total. The molecule has 4 aromatic rings. The molecule has 45 heavy (non-hydrogen) atoms. The number of hydrogen-bond donors (Lipinski definition) is 2. The van der Waals surface area contributed by atoms with Crippen molar-refractivity contribution in [1.29, 1.82) is 0 Å². The van der Waals surface area contributed by atoms with E-state index in [1.54, 1.807) is 62.4 Å². The molecular formula is C31H32N4O7S3. The lowest BCUT2D eigenvalue weighted by Gasteiger charge is -2.38. The van der Waals surface area contributed by atoms with Gasteiger partial charge in [-0.25, -0.2) is 25.3 Å². The number of hydrogen-bond acceptors (Lipinski definition) is 7. The van der Waals surface area contributed by atoms with E-state index in [1.807, 2.05) is 6.07 Å². The summed E-state index contributed by atoms with van der Waals surface area (Å²) >= 11 is 0. The summed E-state index contributed by atoms with van der Waals surface area (Å²) < 4.78 is 85.0. The largest absolute Gasteiger partial charge is 0.325 e. The first-order chi connectivity index (χ1) is 21.3. The topological polar surface area (TPSA) is 150 Å². The van der Waals surface area contributed by atoms with E-state index < -0.39 is 48.6 Å². The molecule has 1 fully saturated rings. The molecule has 4 aromatic carbocycles. The fourth-order valence-electron chi connectivity index (χ4n) is 5.04. The third kappa shape index (κ3) is 6.79. The molecule has 0 unspecified atom stereocenters. The van der Waals surface area contributed by atoms with Gasteiger partial charge in [0.25, 0.3) is 10.0 Å². The Hall–Kier alpha value is -4.08. The highest BCUT2D eigenvalue weighted by Crippen LogP contribution is 2.27. The first-order valence-corrected chi connectivity index (χ1v) is 18.3.